The second-order valence-electron chi connectivity index (χ2n) is 10.4. The predicted octanol–water partition coefficient (Wildman–Crippen LogP) is 5.61. The van der Waals surface area contributed by atoms with E-state index in [0.29, 0.717) is 18.6 Å². The molecule has 0 amide bonds. The Morgan fingerprint density at radius 1 is 1.09 bits per heavy atom. The maximum Gasteiger partial charge on any atom is 0.252 e. The summed E-state index contributed by atoms with van der Waals surface area (Å²) in [5.74, 6) is 0.993. The first-order valence-corrected chi connectivity index (χ1v) is 13.3. The number of aromatic nitrogens is 5. The summed E-state index contributed by atoms with van der Waals surface area (Å²) < 4.78 is 2.12. The molecule has 0 saturated heterocycles. The Kier molecular flexibility index (Phi) is 7.09. The molecule has 7 heteroatoms. The van der Waals surface area contributed by atoms with Crippen LogP contribution in [0.4, 0.5) is 0 Å². The van der Waals surface area contributed by atoms with Crippen molar-refractivity contribution < 1.29 is 0 Å². The molecule has 2 aliphatic carbocycles. The van der Waals surface area contributed by atoms with Gasteiger partial charge in [-0.2, -0.15) is 0 Å². The van der Waals surface area contributed by atoms with Gasteiger partial charge in [0.05, 0.1) is 12.1 Å². The van der Waals surface area contributed by atoms with Gasteiger partial charge in [-0.15, -0.1) is 5.10 Å². The molecular weight excluding hydrogens is 424 g/mol. The minimum atomic E-state index is 0.0181. The monoisotopic (exact) mass is 462 g/mol. The van der Waals surface area contributed by atoms with Crippen LogP contribution in [-0.4, -0.2) is 36.1 Å². The Bertz CT molecular complexity index is 1160. The zero-order valence-electron chi connectivity index (χ0n) is 20.7. The van der Waals surface area contributed by atoms with Crippen molar-refractivity contribution in [2.45, 2.75) is 109 Å². The van der Waals surface area contributed by atoms with Crippen LogP contribution in [0.15, 0.2) is 29.1 Å². The Hall–Kier alpha value is -2.54. The Labute approximate surface area is 201 Å². The number of tetrazole rings is 1. The number of rotatable bonds is 8. The molecule has 2 fully saturated rings. The molecule has 2 aliphatic rings. The van der Waals surface area contributed by atoms with Crippen LogP contribution < -0.4 is 5.56 Å². The van der Waals surface area contributed by atoms with Crippen molar-refractivity contribution in [3.8, 4) is 0 Å². The number of nitrogens with one attached hydrogen (secondary N) is 1. The van der Waals surface area contributed by atoms with Crippen molar-refractivity contribution in [2.24, 2.45) is 0 Å². The van der Waals surface area contributed by atoms with E-state index >= 15 is 0 Å². The maximum atomic E-state index is 13.2. The summed E-state index contributed by atoms with van der Waals surface area (Å²) in [7, 11) is 0. The number of hydrogen-bond donors (Lipinski definition) is 1. The van der Waals surface area contributed by atoms with E-state index in [2.05, 4.69) is 68.2 Å². The summed E-state index contributed by atoms with van der Waals surface area (Å²) in [6, 6.07) is 9.34. The van der Waals surface area contributed by atoms with Gasteiger partial charge in [0.2, 0.25) is 0 Å². The molecule has 7 nitrogen and oxygen atoms in total. The van der Waals surface area contributed by atoms with Crippen molar-refractivity contribution >= 4 is 10.9 Å². The highest BCUT2D eigenvalue weighted by Gasteiger charge is 2.34. The van der Waals surface area contributed by atoms with Crippen molar-refractivity contribution in [1.82, 2.24) is 30.1 Å². The first-order chi connectivity index (χ1) is 16.6. The smallest absolute Gasteiger partial charge is 0.252 e. The summed E-state index contributed by atoms with van der Waals surface area (Å²) in [6.07, 6.45) is 13.0. The number of fused-ring (bicyclic) bond motifs is 1. The highest BCUT2D eigenvalue weighted by atomic mass is 16.1. The topological polar surface area (TPSA) is 79.7 Å². The third-order valence-electron chi connectivity index (χ3n) is 7.92. The van der Waals surface area contributed by atoms with Crippen LogP contribution in [0.5, 0.6) is 0 Å². The van der Waals surface area contributed by atoms with Gasteiger partial charge in [-0.25, -0.2) is 4.68 Å². The van der Waals surface area contributed by atoms with Gasteiger partial charge >= 0.3 is 0 Å². The van der Waals surface area contributed by atoms with Crippen LogP contribution in [0.2, 0.25) is 0 Å². The summed E-state index contributed by atoms with van der Waals surface area (Å²) in [5.41, 5.74) is 2.92. The van der Waals surface area contributed by atoms with Gasteiger partial charge in [-0.05, 0) is 72.5 Å². The number of H-pyrrole nitrogens is 1. The lowest BCUT2D eigenvalue weighted by molar-refractivity contribution is 0.0798. The summed E-state index contributed by atoms with van der Waals surface area (Å²) >= 11 is 0. The second-order valence-corrected chi connectivity index (χ2v) is 10.4. The van der Waals surface area contributed by atoms with E-state index in [0.717, 1.165) is 53.5 Å². The molecule has 0 radical (unpaired) electrons. The van der Waals surface area contributed by atoms with Crippen LogP contribution in [0.3, 0.4) is 0 Å². The Balaban J connectivity index is 1.53. The predicted molar refractivity (Wildman–Crippen MR) is 135 cm³/mol. The van der Waals surface area contributed by atoms with Crippen LogP contribution >= 0.6 is 0 Å². The molecule has 2 saturated carbocycles. The maximum absolute atomic E-state index is 13.2. The lowest BCUT2D eigenvalue weighted by Gasteiger charge is -2.39. The number of hydrogen-bond acceptors (Lipinski definition) is 5. The molecule has 1 aromatic carbocycles. The molecule has 3 aromatic rings. The molecule has 5 rings (SSSR count). The summed E-state index contributed by atoms with van der Waals surface area (Å²) in [5, 5.41) is 14.3. The molecular formula is C27H38N6O. The van der Waals surface area contributed by atoms with Crippen molar-refractivity contribution in [3.05, 3.63) is 51.6 Å². The molecule has 2 heterocycles. The van der Waals surface area contributed by atoms with Gasteiger partial charge < -0.3 is 4.98 Å². The first kappa shape index (κ1) is 23.2. The van der Waals surface area contributed by atoms with Gasteiger partial charge in [-0.3, -0.25) is 9.69 Å². The number of aryl methyl sites for hydroxylation is 1. The molecule has 2 aromatic heterocycles. The lowest BCUT2D eigenvalue weighted by Crippen LogP contribution is -2.41. The van der Waals surface area contributed by atoms with Gasteiger partial charge in [0, 0.05) is 23.7 Å². The third-order valence-corrected chi connectivity index (χ3v) is 7.92. The highest BCUT2D eigenvalue weighted by molar-refractivity contribution is 5.79. The minimum Gasteiger partial charge on any atom is -0.322 e. The number of benzene rings is 1. The molecule has 182 valence electrons. The fourth-order valence-corrected chi connectivity index (χ4v) is 6.13. The molecule has 34 heavy (non-hydrogen) atoms. The van der Waals surface area contributed by atoms with E-state index in [1.165, 1.54) is 44.9 Å². The lowest BCUT2D eigenvalue weighted by atomic mass is 9.91. The minimum absolute atomic E-state index is 0.0181. The zero-order chi connectivity index (χ0) is 23.5. The molecule has 0 unspecified atom stereocenters. The van der Waals surface area contributed by atoms with Crippen LogP contribution in [-0.2, 0) is 6.54 Å². The number of pyridine rings is 1. The standard InChI is InChI=1S/C27H38N6O/c1-3-9-25(26-29-30-31-33(26)23-12-7-8-13-23)32(22-10-5-4-6-11-22)18-21-17-20-15-14-19(2)16-24(20)28-27(21)34/h14-17,22-23,25H,3-13,18H2,1-2H3,(H,28,34)/t25-/m1/s1. The number of aromatic amines is 1. The normalized spacial score (nSPS) is 18.8. The zero-order valence-corrected chi connectivity index (χ0v) is 20.7. The van der Waals surface area contributed by atoms with Crippen molar-refractivity contribution in [3.63, 3.8) is 0 Å². The Morgan fingerprint density at radius 3 is 2.62 bits per heavy atom. The second kappa shape index (κ2) is 10.4. The highest BCUT2D eigenvalue weighted by Crippen LogP contribution is 2.36. The molecule has 1 atom stereocenters. The third kappa shape index (κ3) is 4.81. The quantitative estimate of drug-likeness (QED) is 0.470. The van der Waals surface area contributed by atoms with E-state index < -0.39 is 0 Å². The van der Waals surface area contributed by atoms with Crippen molar-refractivity contribution in [1.29, 1.82) is 0 Å². The van der Waals surface area contributed by atoms with Gasteiger partial charge in [0.25, 0.3) is 5.56 Å². The van der Waals surface area contributed by atoms with E-state index in [-0.39, 0.29) is 11.6 Å². The van der Waals surface area contributed by atoms with Gasteiger partial charge in [0.1, 0.15) is 0 Å². The fourth-order valence-electron chi connectivity index (χ4n) is 6.13. The molecule has 0 bridgehead atoms. The molecule has 1 N–H and O–H groups in total. The largest absolute Gasteiger partial charge is 0.322 e. The van der Waals surface area contributed by atoms with E-state index in [1.807, 2.05) is 0 Å². The van der Waals surface area contributed by atoms with Gasteiger partial charge in [-0.1, -0.05) is 57.6 Å². The Morgan fingerprint density at radius 2 is 1.85 bits per heavy atom. The van der Waals surface area contributed by atoms with Crippen LogP contribution in [0.25, 0.3) is 10.9 Å². The fraction of sp³-hybridized carbons (Fsp3) is 0.630. The average molecular weight is 463 g/mol. The average Bonchev–Trinajstić information content (AvgIpc) is 3.54. The van der Waals surface area contributed by atoms with Gasteiger partial charge in [0.15, 0.2) is 5.82 Å². The first-order valence-electron chi connectivity index (χ1n) is 13.3. The number of nitrogens with zero attached hydrogens (tertiary/aromatic N) is 5. The summed E-state index contributed by atoms with van der Waals surface area (Å²) in [6.45, 7) is 4.92. The SMILES string of the molecule is CCC[C@H](c1nnnn1C1CCCC1)N(Cc1cc2ccc(C)cc2[nH]c1=O)C1CCCCC1. The van der Waals surface area contributed by atoms with Crippen LogP contribution in [0, 0.1) is 6.92 Å². The molecule has 0 aliphatic heterocycles. The van der Waals surface area contributed by atoms with E-state index in [1.54, 1.807) is 0 Å². The van der Waals surface area contributed by atoms with Crippen LogP contribution in [0.1, 0.15) is 107 Å². The van der Waals surface area contributed by atoms with E-state index in [9.17, 15) is 4.79 Å². The van der Waals surface area contributed by atoms with Crippen molar-refractivity contribution in [2.75, 3.05) is 0 Å². The molecule has 0 spiro atoms. The van der Waals surface area contributed by atoms with E-state index in [4.69, 9.17) is 0 Å². The summed E-state index contributed by atoms with van der Waals surface area (Å²) in [4.78, 5) is 18.9.